The Morgan fingerprint density at radius 3 is 2.53 bits per heavy atom. The van der Waals surface area contributed by atoms with Gasteiger partial charge < -0.3 is 24.9 Å². The first-order valence-corrected chi connectivity index (χ1v) is 9.84. The molecule has 8 heteroatoms. The van der Waals surface area contributed by atoms with Crippen molar-refractivity contribution in [2.45, 2.75) is 18.6 Å². The van der Waals surface area contributed by atoms with Gasteiger partial charge in [0, 0.05) is 17.3 Å². The number of aliphatic hydroxyl groups excluding tert-OH is 1. The minimum absolute atomic E-state index is 0.0544. The van der Waals surface area contributed by atoms with Crippen LogP contribution >= 0.6 is 0 Å². The molecule has 3 heterocycles. The van der Waals surface area contributed by atoms with Crippen molar-refractivity contribution in [3.8, 4) is 11.8 Å². The molecule has 1 spiro atoms. The number of fused-ring (bicyclic) bond motifs is 4. The van der Waals surface area contributed by atoms with Crippen molar-refractivity contribution in [3.63, 3.8) is 0 Å². The lowest BCUT2D eigenvalue weighted by molar-refractivity contribution is -0.121. The third-order valence-corrected chi connectivity index (χ3v) is 5.75. The molecule has 0 fully saturated rings. The van der Waals surface area contributed by atoms with Crippen molar-refractivity contribution in [1.82, 2.24) is 0 Å². The number of nitriles is 1. The maximum absolute atomic E-state index is 14.1. The van der Waals surface area contributed by atoms with Gasteiger partial charge in [-0.1, -0.05) is 48.5 Å². The third-order valence-electron chi connectivity index (χ3n) is 5.75. The van der Waals surface area contributed by atoms with Crippen LogP contribution in [0.4, 0.5) is 5.69 Å². The van der Waals surface area contributed by atoms with E-state index in [-0.39, 0.29) is 35.3 Å². The van der Waals surface area contributed by atoms with Crippen LogP contribution in [-0.2, 0) is 23.4 Å². The monoisotopic (exact) mass is 427 g/mol. The zero-order valence-electron chi connectivity index (χ0n) is 16.7. The fourth-order valence-electron chi connectivity index (χ4n) is 4.39. The lowest BCUT2D eigenvalue weighted by Crippen LogP contribution is -2.46. The Labute approximate surface area is 182 Å². The molecule has 0 saturated carbocycles. The molecular formula is C24H17N3O5. The summed E-state index contributed by atoms with van der Waals surface area (Å²) >= 11 is 0. The fraction of sp³-hybridized carbons (Fsp3) is 0.125. The predicted octanol–water partition coefficient (Wildman–Crippen LogP) is 2.05. The van der Waals surface area contributed by atoms with E-state index < -0.39 is 23.4 Å². The summed E-state index contributed by atoms with van der Waals surface area (Å²) in [6, 6.07) is 19.4. The molecule has 0 aliphatic carbocycles. The average Bonchev–Trinajstić information content (AvgIpc) is 3.04. The summed E-state index contributed by atoms with van der Waals surface area (Å²) in [6.07, 6.45) is 0. The highest BCUT2D eigenvalue weighted by Gasteiger charge is 2.61. The van der Waals surface area contributed by atoms with E-state index in [9.17, 15) is 20.0 Å². The van der Waals surface area contributed by atoms with Crippen molar-refractivity contribution < 1.29 is 19.1 Å². The van der Waals surface area contributed by atoms with Crippen molar-refractivity contribution in [3.05, 3.63) is 105 Å². The molecule has 0 saturated heterocycles. The van der Waals surface area contributed by atoms with E-state index in [2.05, 4.69) is 0 Å². The highest BCUT2D eigenvalue weighted by atomic mass is 16.5. The van der Waals surface area contributed by atoms with Crippen LogP contribution in [-0.4, -0.2) is 11.0 Å². The minimum Gasteiger partial charge on any atom is -0.457 e. The number of hydrogen-bond acceptors (Lipinski definition) is 7. The number of benzene rings is 2. The van der Waals surface area contributed by atoms with Crippen LogP contribution in [0, 0.1) is 11.3 Å². The molecule has 2 aromatic carbocycles. The normalized spacial score (nSPS) is 18.9. The topological polar surface area (TPSA) is 130 Å². The first-order chi connectivity index (χ1) is 15.5. The van der Waals surface area contributed by atoms with E-state index in [0.717, 1.165) is 11.6 Å². The molecule has 158 valence electrons. The van der Waals surface area contributed by atoms with Gasteiger partial charge in [-0.2, -0.15) is 5.26 Å². The van der Waals surface area contributed by atoms with E-state index in [1.165, 1.54) is 4.90 Å². The molecule has 1 atom stereocenters. The second-order valence-corrected chi connectivity index (χ2v) is 7.49. The number of nitrogens with zero attached hydrogens (tertiary/aromatic N) is 2. The first kappa shape index (κ1) is 19.6. The fourth-order valence-corrected chi connectivity index (χ4v) is 4.39. The van der Waals surface area contributed by atoms with E-state index >= 15 is 0 Å². The molecular weight excluding hydrogens is 410 g/mol. The van der Waals surface area contributed by atoms with Gasteiger partial charge in [0.15, 0.2) is 11.2 Å². The smallest absolute Gasteiger partial charge is 0.251 e. The van der Waals surface area contributed by atoms with Crippen LogP contribution in [0.2, 0.25) is 0 Å². The number of rotatable bonds is 3. The van der Waals surface area contributed by atoms with Crippen LogP contribution < -0.4 is 20.8 Å². The van der Waals surface area contributed by atoms with Gasteiger partial charge in [0.1, 0.15) is 24.0 Å². The van der Waals surface area contributed by atoms with E-state index in [1.807, 2.05) is 36.4 Å². The van der Waals surface area contributed by atoms with Crippen LogP contribution in [0.1, 0.15) is 22.6 Å². The summed E-state index contributed by atoms with van der Waals surface area (Å²) in [7, 11) is 0. The SMILES string of the molecule is N#CC1=C(N)Oc2c(oc(CO)cc2=O)C12C(=O)N(Cc1ccccc1)c1ccccc12. The largest absolute Gasteiger partial charge is 0.457 e. The second kappa shape index (κ2) is 7.11. The number of aliphatic hydroxyl groups is 1. The predicted molar refractivity (Wildman–Crippen MR) is 113 cm³/mol. The summed E-state index contributed by atoms with van der Waals surface area (Å²) in [6.45, 7) is -0.333. The third kappa shape index (κ3) is 2.52. The van der Waals surface area contributed by atoms with Gasteiger partial charge in [-0.15, -0.1) is 0 Å². The Bertz CT molecular complexity index is 1390. The van der Waals surface area contributed by atoms with Crippen LogP contribution in [0.25, 0.3) is 0 Å². The molecule has 3 aromatic rings. The molecule has 32 heavy (non-hydrogen) atoms. The quantitative estimate of drug-likeness (QED) is 0.654. The summed E-state index contributed by atoms with van der Waals surface area (Å²) in [5.74, 6) is -1.32. The van der Waals surface area contributed by atoms with Crippen molar-refractivity contribution >= 4 is 11.6 Å². The molecule has 1 amide bonds. The van der Waals surface area contributed by atoms with Gasteiger partial charge in [0.25, 0.3) is 5.91 Å². The van der Waals surface area contributed by atoms with Crippen LogP contribution in [0.5, 0.6) is 5.75 Å². The average molecular weight is 427 g/mol. The van der Waals surface area contributed by atoms with E-state index in [4.69, 9.17) is 14.9 Å². The van der Waals surface area contributed by atoms with Gasteiger partial charge in [-0.05, 0) is 11.6 Å². The number of ether oxygens (including phenoxy) is 1. The van der Waals surface area contributed by atoms with Gasteiger partial charge in [-0.3, -0.25) is 9.59 Å². The zero-order valence-corrected chi connectivity index (χ0v) is 16.7. The highest BCUT2D eigenvalue weighted by molar-refractivity contribution is 6.13. The number of carbonyl (C=O) groups is 1. The lowest BCUT2D eigenvalue weighted by atomic mass is 9.72. The zero-order chi connectivity index (χ0) is 22.5. The van der Waals surface area contributed by atoms with Crippen LogP contribution in [0.3, 0.4) is 0 Å². The number of anilines is 1. The molecule has 1 aromatic heterocycles. The summed E-state index contributed by atoms with van der Waals surface area (Å²) in [5.41, 5.74) is 5.35. The number of amides is 1. The summed E-state index contributed by atoms with van der Waals surface area (Å²) in [4.78, 5) is 28.4. The van der Waals surface area contributed by atoms with E-state index in [0.29, 0.717) is 11.3 Å². The van der Waals surface area contributed by atoms with Gasteiger partial charge >= 0.3 is 0 Å². The van der Waals surface area contributed by atoms with Gasteiger partial charge in [0.05, 0.1) is 6.54 Å². The Morgan fingerprint density at radius 2 is 1.81 bits per heavy atom. The lowest BCUT2D eigenvalue weighted by Gasteiger charge is -2.32. The molecule has 3 N–H and O–H groups in total. The molecule has 2 aliphatic heterocycles. The Morgan fingerprint density at radius 1 is 1.09 bits per heavy atom. The summed E-state index contributed by atoms with van der Waals surface area (Å²) < 4.78 is 11.3. The Kier molecular flexibility index (Phi) is 4.36. The number of para-hydroxylation sites is 1. The van der Waals surface area contributed by atoms with Crippen molar-refractivity contribution in [2.75, 3.05) is 4.90 Å². The molecule has 8 nitrogen and oxygen atoms in total. The van der Waals surface area contributed by atoms with Crippen molar-refractivity contribution in [2.24, 2.45) is 5.73 Å². The van der Waals surface area contributed by atoms with Crippen LogP contribution in [0.15, 0.2) is 81.3 Å². The molecule has 1 unspecified atom stereocenters. The Hall–Kier alpha value is -4.35. The maximum Gasteiger partial charge on any atom is 0.251 e. The van der Waals surface area contributed by atoms with Gasteiger partial charge in [0.2, 0.25) is 17.1 Å². The van der Waals surface area contributed by atoms with E-state index in [1.54, 1.807) is 24.3 Å². The van der Waals surface area contributed by atoms with Gasteiger partial charge in [-0.25, -0.2) is 0 Å². The minimum atomic E-state index is -1.80. The molecule has 2 aliphatic rings. The Balaban J connectivity index is 1.84. The standard InChI is InChI=1S/C24H17N3O5/c25-11-17-22(26)32-20-19(29)10-15(13-28)31-21(20)24(17)16-8-4-5-9-18(16)27(23(24)30)12-14-6-2-1-3-7-14/h1-10,28H,12-13,26H2. The first-order valence-electron chi connectivity index (χ1n) is 9.84. The highest BCUT2D eigenvalue weighted by Crippen LogP contribution is 2.54. The number of nitrogens with two attached hydrogens (primary N) is 1. The molecule has 0 bridgehead atoms. The maximum atomic E-state index is 14.1. The molecule has 0 radical (unpaired) electrons. The number of carbonyl (C=O) groups excluding carboxylic acids is 1. The number of hydrogen-bond donors (Lipinski definition) is 2. The second-order valence-electron chi connectivity index (χ2n) is 7.49. The van der Waals surface area contributed by atoms with Crippen molar-refractivity contribution in [1.29, 1.82) is 5.26 Å². The molecule has 5 rings (SSSR count). The summed E-state index contributed by atoms with van der Waals surface area (Å²) in [5, 5.41) is 19.6.